The minimum absolute atomic E-state index is 0.0345. The lowest BCUT2D eigenvalue weighted by atomic mass is 10.1. The lowest BCUT2D eigenvalue weighted by molar-refractivity contribution is -0.132. The fourth-order valence-electron chi connectivity index (χ4n) is 2.16. The fourth-order valence-corrected chi connectivity index (χ4v) is 2.16. The van der Waals surface area contributed by atoms with E-state index < -0.39 is 17.9 Å². The number of amides is 2. The molecule has 0 aromatic heterocycles. The Bertz CT molecular complexity index is 760. The van der Waals surface area contributed by atoms with E-state index in [1.807, 2.05) is 26.0 Å². The van der Waals surface area contributed by atoms with Crippen molar-refractivity contribution >= 4 is 11.8 Å². The predicted molar refractivity (Wildman–Crippen MR) is 92.4 cm³/mol. The van der Waals surface area contributed by atoms with Crippen LogP contribution >= 0.6 is 0 Å². The quantitative estimate of drug-likeness (QED) is 0.820. The number of rotatable bonds is 5. The third-order valence-electron chi connectivity index (χ3n) is 3.83. The first kappa shape index (κ1) is 18.4. The monoisotopic (exact) mass is 344 g/mol. The summed E-state index contributed by atoms with van der Waals surface area (Å²) in [5.74, 6) is -0.609. The van der Waals surface area contributed by atoms with Crippen molar-refractivity contribution < 1.29 is 18.7 Å². The number of hydrazine groups is 1. The molecule has 132 valence electrons. The lowest BCUT2D eigenvalue weighted by Crippen LogP contribution is -2.47. The number of hydrogen-bond donors (Lipinski definition) is 2. The van der Waals surface area contributed by atoms with E-state index in [1.54, 1.807) is 13.0 Å². The highest BCUT2D eigenvalue weighted by Crippen LogP contribution is 2.21. The molecule has 2 aromatic carbocycles. The van der Waals surface area contributed by atoms with Crippen LogP contribution in [-0.2, 0) is 16.0 Å². The Morgan fingerprint density at radius 1 is 1.08 bits per heavy atom. The van der Waals surface area contributed by atoms with Gasteiger partial charge in [0.05, 0.1) is 6.42 Å². The molecule has 0 aliphatic heterocycles. The second-order valence-electron chi connectivity index (χ2n) is 5.80. The number of nitrogens with one attached hydrogen (secondary N) is 2. The van der Waals surface area contributed by atoms with E-state index in [-0.39, 0.29) is 12.2 Å². The molecule has 1 atom stereocenters. The Morgan fingerprint density at radius 2 is 1.76 bits per heavy atom. The molecule has 2 amide bonds. The average Bonchev–Trinajstić information content (AvgIpc) is 2.58. The maximum atomic E-state index is 12.8. The largest absolute Gasteiger partial charge is 0.481 e. The van der Waals surface area contributed by atoms with Crippen molar-refractivity contribution in [3.05, 3.63) is 65.0 Å². The van der Waals surface area contributed by atoms with Gasteiger partial charge in [0.2, 0.25) is 5.91 Å². The molecule has 0 aliphatic rings. The molecular formula is C19H21FN2O3. The molecule has 0 bridgehead atoms. The molecule has 2 aromatic rings. The molecule has 5 nitrogen and oxygen atoms in total. The first-order valence-electron chi connectivity index (χ1n) is 7.93. The number of carbonyl (C=O) groups excluding carboxylic acids is 2. The molecule has 2 N–H and O–H groups in total. The summed E-state index contributed by atoms with van der Waals surface area (Å²) in [5.41, 5.74) is 7.33. The number of hydrogen-bond acceptors (Lipinski definition) is 3. The topological polar surface area (TPSA) is 67.4 Å². The zero-order valence-electron chi connectivity index (χ0n) is 14.4. The molecule has 0 saturated carbocycles. The summed E-state index contributed by atoms with van der Waals surface area (Å²) < 4.78 is 18.5. The average molecular weight is 344 g/mol. The van der Waals surface area contributed by atoms with Gasteiger partial charge in [-0.2, -0.15) is 0 Å². The maximum Gasteiger partial charge on any atom is 0.279 e. The second-order valence-corrected chi connectivity index (χ2v) is 5.80. The van der Waals surface area contributed by atoms with E-state index >= 15 is 0 Å². The van der Waals surface area contributed by atoms with Crippen LogP contribution in [-0.4, -0.2) is 17.9 Å². The van der Waals surface area contributed by atoms with Gasteiger partial charge in [-0.1, -0.05) is 24.3 Å². The molecule has 0 fully saturated rings. The zero-order chi connectivity index (χ0) is 18.4. The Balaban J connectivity index is 1.83. The standard InChI is InChI=1S/C19H21FN2O3/c1-12-5-4-6-17(13(12)2)25-14(3)19(24)22-21-18(23)11-15-7-9-16(20)10-8-15/h4-10,14H,11H2,1-3H3,(H,21,23)(H,22,24). The molecule has 0 saturated heterocycles. The van der Waals surface area contributed by atoms with Crippen LogP contribution in [0.1, 0.15) is 23.6 Å². The van der Waals surface area contributed by atoms with Gasteiger partial charge >= 0.3 is 0 Å². The van der Waals surface area contributed by atoms with Crippen LogP contribution < -0.4 is 15.6 Å². The van der Waals surface area contributed by atoms with Crippen molar-refractivity contribution in [1.29, 1.82) is 0 Å². The third-order valence-corrected chi connectivity index (χ3v) is 3.83. The predicted octanol–water partition coefficient (Wildman–Crippen LogP) is 2.60. The summed E-state index contributed by atoms with van der Waals surface area (Å²) in [6.45, 7) is 5.48. The van der Waals surface area contributed by atoms with Gasteiger partial charge in [0, 0.05) is 0 Å². The van der Waals surface area contributed by atoms with Gasteiger partial charge in [-0.05, 0) is 55.7 Å². The molecule has 1 unspecified atom stereocenters. The van der Waals surface area contributed by atoms with Crippen molar-refractivity contribution in [1.82, 2.24) is 10.9 Å². The van der Waals surface area contributed by atoms with Crippen LogP contribution in [0.4, 0.5) is 4.39 Å². The van der Waals surface area contributed by atoms with E-state index in [2.05, 4.69) is 10.9 Å². The minimum atomic E-state index is -0.772. The molecule has 0 heterocycles. The van der Waals surface area contributed by atoms with Gasteiger partial charge < -0.3 is 4.74 Å². The van der Waals surface area contributed by atoms with E-state index in [1.165, 1.54) is 24.3 Å². The molecule has 6 heteroatoms. The summed E-state index contributed by atoms with van der Waals surface area (Å²) in [5, 5.41) is 0. The molecule has 0 spiro atoms. The highest BCUT2D eigenvalue weighted by molar-refractivity contribution is 5.85. The van der Waals surface area contributed by atoms with Gasteiger partial charge in [0.1, 0.15) is 11.6 Å². The summed E-state index contributed by atoms with van der Waals surface area (Å²) in [7, 11) is 0. The van der Waals surface area contributed by atoms with Gasteiger partial charge in [-0.25, -0.2) is 4.39 Å². The van der Waals surface area contributed by atoms with Gasteiger partial charge in [-0.3, -0.25) is 20.4 Å². The Labute approximate surface area is 146 Å². The highest BCUT2D eigenvalue weighted by Gasteiger charge is 2.16. The second kappa shape index (κ2) is 8.28. The van der Waals surface area contributed by atoms with Crippen LogP contribution in [0.2, 0.25) is 0 Å². The summed E-state index contributed by atoms with van der Waals surface area (Å²) in [4.78, 5) is 23.9. The van der Waals surface area contributed by atoms with Crippen LogP contribution in [0.3, 0.4) is 0 Å². The van der Waals surface area contributed by atoms with Crippen LogP contribution in [0.15, 0.2) is 42.5 Å². The Kier molecular flexibility index (Phi) is 6.11. The van der Waals surface area contributed by atoms with Gasteiger partial charge in [-0.15, -0.1) is 0 Å². The third kappa shape index (κ3) is 5.31. The number of aryl methyl sites for hydroxylation is 1. The summed E-state index contributed by atoms with van der Waals surface area (Å²) in [6.07, 6.45) is -0.737. The number of ether oxygens (including phenoxy) is 1. The smallest absolute Gasteiger partial charge is 0.279 e. The van der Waals surface area contributed by atoms with Crippen molar-refractivity contribution in [3.63, 3.8) is 0 Å². The first-order chi connectivity index (χ1) is 11.9. The Hall–Kier alpha value is -2.89. The number of halogens is 1. The van der Waals surface area contributed by atoms with Crippen LogP contribution in [0.5, 0.6) is 5.75 Å². The van der Waals surface area contributed by atoms with E-state index in [4.69, 9.17) is 4.74 Å². The van der Waals surface area contributed by atoms with E-state index in [0.29, 0.717) is 11.3 Å². The normalized spacial score (nSPS) is 11.5. The van der Waals surface area contributed by atoms with Gasteiger partial charge in [0.25, 0.3) is 5.91 Å². The summed E-state index contributed by atoms with van der Waals surface area (Å²) in [6, 6.07) is 11.2. The van der Waals surface area contributed by atoms with E-state index in [0.717, 1.165) is 11.1 Å². The molecule has 2 rings (SSSR count). The van der Waals surface area contributed by atoms with Crippen molar-refractivity contribution in [2.45, 2.75) is 33.3 Å². The number of benzene rings is 2. The van der Waals surface area contributed by atoms with E-state index in [9.17, 15) is 14.0 Å². The highest BCUT2D eigenvalue weighted by atomic mass is 19.1. The fraction of sp³-hybridized carbons (Fsp3) is 0.263. The van der Waals surface area contributed by atoms with Crippen LogP contribution in [0, 0.1) is 19.7 Å². The zero-order valence-corrected chi connectivity index (χ0v) is 14.4. The van der Waals surface area contributed by atoms with Gasteiger partial charge in [0.15, 0.2) is 6.10 Å². The SMILES string of the molecule is Cc1cccc(OC(C)C(=O)NNC(=O)Cc2ccc(F)cc2)c1C. The first-order valence-corrected chi connectivity index (χ1v) is 7.93. The molecule has 0 aliphatic carbocycles. The van der Waals surface area contributed by atoms with Crippen molar-refractivity contribution in [2.24, 2.45) is 0 Å². The van der Waals surface area contributed by atoms with Crippen molar-refractivity contribution in [2.75, 3.05) is 0 Å². The summed E-state index contributed by atoms with van der Waals surface area (Å²) >= 11 is 0. The van der Waals surface area contributed by atoms with Crippen molar-refractivity contribution in [3.8, 4) is 5.75 Å². The number of carbonyl (C=O) groups is 2. The minimum Gasteiger partial charge on any atom is -0.481 e. The Morgan fingerprint density at radius 3 is 2.44 bits per heavy atom. The molecule has 25 heavy (non-hydrogen) atoms. The molecule has 0 radical (unpaired) electrons. The lowest BCUT2D eigenvalue weighted by Gasteiger charge is -2.17. The van der Waals surface area contributed by atoms with Crippen LogP contribution in [0.25, 0.3) is 0 Å². The maximum absolute atomic E-state index is 12.8. The molecular weight excluding hydrogens is 323 g/mol.